The predicted octanol–water partition coefficient (Wildman–Crippen LogP) is 4.92. The molecule has 0 N–H and O–H groups in total. The molecule has 0 saturated carbocycles. The highest BCUT2D eigenvalue weighted by Gasteiger charge is 2.14. The van der Waals surface area contributed by atoms with Crippen LogP contribution in [0.4, 0.5) is 0 Å². The van der Waals surface area contributed by atoms with E-state index in [9.17, 15) is 4.79 Å². The summed E-state index contributed by atoms with van der Waals surface area (Å²) in [5.74, 6) is 0.717. The van der Waals surface area contributed by atoms with Crippen LogP contribution in [0.2, 0.25) is 0 Å². The third-order valence-corrected chi connectivity index (χ3v) is 3.80. The summed E-state index contributed by atoms with van der Waals surface area (Å²) in [6.45, 7) is 1.57. The number of ketones is 1. The average Bonchev–Trinajstić information content (AvgIpc) is 2.32. The highest BCUT2D eigenvalue weighted by atomic mass is 79.9. The first-order valence-corrected chi connectivity index (χ1v) is 7.60. The number of Topliss-reactive ketones (excluding diaryl/α,β-unsaturated/α-hetero) is 1. The van der Waals surface area contributed by atoms with Gasteiger partial charge in [0.25, 0.3) is 0 Å². The lowest BCUT2D eigenvalue weighted by Crippen LogP contribution is -2.16. The normalized spacial score (nSPS) is 21.3. The Kier molecular flexibility index (Phi) is 5.20. The lowest BCUT2D eigenvalue weighted by Gasteiger charge is -2.19. The number of halogens is 1. The molecule has 0 fully saturated rings. The van der Waals surface area contributed by atoms with Crippen molar-refractivity contribution in [3.05, 3.63) is 40.4 Å². The van der Waals surface area contributed by atoms with Crippen molar-refractivity contribution >= 4 is 21.7 Å². The van der Waals surface area contributed by atoms with E-state index in [2.05, 4.69) is 28.1 Å². The van der Waals surface area contributed by atoms with Crippen molar-refractivity contribution in [3.8, 4) is 5.75 Å². The quantitative estimate of drug-likeness (QED) is 0.583. The molecule has 0 aliphatic heterocycles. The fourth-order valence-corrected chi connectivity index (χ4v) is 2.61. The third kappa shape index (κ3) is 4.20. The minimum absolute atomic E-state index is 0.0392. The van der Waals surface area contributed by atoms with Gasteiger partial charge in [0.2, 0.25) is 0 Å². The molecule has 1 aromatic rings. The monoisotopic (exact) mass is 322 g/mol. The van der Waals surface area contributed by atoms with Crippen LogP contribution in [0.25, 0.3) is 0 Å². The summed E-state index contributed by atoms with van der Waals surface area (Å²) in [6, 6.07) is 5.56. The van der Waals surface area contributed by atoms with Gasteiger partial charge in [0.05, 0.1) is 5.56 Å². The van der Waals surface area contributed by atoms with Crippen molar-refractivity contribution in [1.29, 1.82) is 0 Å². The van der Waals surface area contributed by atoms with Gasteiger partial charge in [-0.15, -0.1) is 0 Å². The lowest BCUT2D eigenvalue weighted by molar-refractivity contribution is 0.101. The molecule has 1 aliphatic rings. The van der Waals surface area contributed by atoms with Crippen molar-refractivity contribution in [2.75, 3.05) is 0 Å². The largest absolute Gasteiger partial charge is 0.486 e. The van der Waals surface area contributed by atoms with Gasteiger partial charge in [-0.3, -0.25) is 4.79 Å². The number of carbonyl (C=O) groups is 1. The third-order valence-electron chi connectivity index (χ3n) is 3.31. The maximum Gasteiger partial charge on any atom is 0.163 e. The Morgan fingerprint density at radius 3 is 2.95 bits per heavy atom. The first-order chi connectivity index (χ1) is 9.16. The number of hydrogen-bond donors (Lipinski definition) is 0. The predicted molar refractivity (Wildman–Crippen MR) is 80.8 cm³/mol. The smallest absolute Gasteiger partial charge is 0.163 e. The van der Waals surface area contributed by atoms with E-state index >= 15 is 0 Å². The van der Waals surface area contributed by atoms with Crippen molar-refractivity contribution in [2.24, 2.45) is 0 Å². The van der Waals surface area contributed by atoms with E-state index in [4.69, 9.17) is 4.74 Å². The van der Waals surface area contributed by atoms with Gasteiger partial charge in [-0.25, -0.2) is 0 Å². The van der Waals surface area contributed by atoms with E-state index in [-0.39, 0.29) is 11.9 Å². The van der Waals surface area contributed by atoms with Crippen molar-refractivity contribution in [2.45, 2.75) is 45.1 Å². The van der Waals surface area contributed by atoms with Crippen LogP contribution in [0.1, 0.15) is 49.4 Å². The van der Waals surface area contributed by atoms with E-state index < -0.39 is 0 Å². The highest BCUT2D eigenvalue weighted by molar-refractivity contribution is 9.10. The Labute approximate surface area is 123 Å². The van der Waals surface area contributed by atoms with Crippen LogP contribution in [-0.4, -0.2) is 11.9 Å². The van der Waals surface area contributed by atoms with Gasteiger partial charge in [0, 0.05) is 4.47 Å². The summed E-state index contributed by atoms with van der Waals surface area (Å²) in [5.41, 5.74) is 0.652. The van der Waals surface area contributed by atoms with Crippen LogP contribution in [0.3, 0.4) is 0 Å². The van der Waals surface area contributed by atoms with Gasteiger partial charge in [-0.1, -0.05) is 28.4 Å². The molecule has 0 heterocycles. The van der Waals surface area contributed by atoms with E-state index in [1.165, 1.54) is 19.3 Å². The molecule has 0 aromatic heterocycles. The molecule has 1 aromatic carbocycles. The Balaban J connectivity index is 2.18. The molecule has 3 heteroatoms. The van der Waals surface area contributed by atoms with Gasteiger partial charge < -0.3 is 4.74 Å². The van der Waals surface area contributed by atoms with Crippen molar-refractivity contribution in [3.63, 3.8) is 0 Å². The van der Waals surface area contributed by atoms with Gasteiger partial charge >= 0.3 is 0 Å². The minimum atomic E-state index is 0.0392. The molecule has 2 nitrogen and oxygen atoms in total. The lowest BCUT2D eigenvalue weighted by atomic mass is 10.0. The number of rotatable bonds is 3. The van der Waals surface area contributed by atoms with Crippen LogP contribution >= 0.6 is 15.9 Å². The van der Waals surface area contributed by atoms with E-state index in [1.54, 1.807) is 6.92 Å². The average molecular weight is 323 g/mol. The Morgan fingerprint density at radius 1 is 1.32 bits per heavy atom. The van der Waals surface area contributed by atoms with Gasteiger partial charge in [-0.2, -0.15) is 0 Å². The van der Waals surface area contributed by atoms with Crippen LogP contribution in [-0.2, 0) is 0 Å². The first-order valence-electron chi connectivity index (χ1n) is 6.80. The zero-order valence-corrected chi connectivity index (χ0v) is 12.8. The summed E-state index contributed by atoms with van der Waals surface area (Å²) in [7, 11) is 0. The molecule has 0 radical (unpaired) electrons. The zero-order chi connectivity index (χ0) is 13.7. The molecule has 0 spiro atoms. The number of ether oxygens (including phenoxy) is 1. The number of benzene rings is 1. The van der Waals surface area contributed by atoms with Gasteiger partial charge in [0.1, 0.15) is 11.9 Å². The number of carbonyl (C=O) groups excluding carboxylic acids is 1. The second-order valence-corrected chi connectivity index (χ2v) is 5.83. The molecule has 1 atom stereocenters. The maximum absolute atomic E-state index is 11.6. The summed E-state index contributed by atoms with van der Waals surface area (Å²) in [4.78, 5) is 11.6. The van der Waals surface area contributed by atoms with Gasteiger partial charge in [0.15, 0.2) is 5.78 Å². The van der Waals surface area contributed by atoms with E-state index in [0.717, 1.165) is 17.3 Å². The molecule has 0 bridgehead atoms. The molecular formula is C16H19BrO2. The molecule has 19 heavy (non-hydrogen) atoms. The van der Waals surface area contributed by atoms with Crippen molar-refractivity contribution < 1.29 is 9.53 Å². The van der Waals surface area contributed by atoms with Crippen LogP contribution in [0.15, 0.2) is 34.8 Å². The summed E-state index contributed by atoms with van der Waals surface area (Å²) < 4.78 is 6.96. The molecule has 0 saturated heterocycles. The van der Waals surface area contributed by atoms with E-state index in [0.29, 0.717) is 11.3 Å². The maximum atomic E-state index is 11.6. The first kappa shape index (κ1) is 14.3. The fourth-order valence-electron chi connectivity index (χ4n) is 2.27. The van der Waals surface area contributed by atoms with Crippen LogP contribution in [0.5, 0.6) is 5.75 Å². The van der Waals surface area contributed by atoms with E-state index in [1.807, 2.05) is 18.2 Å². The Hall–Kier alpha value is -1.09. The molecule has 1 unspecified atom stereocenters. The second kappa shape index (κ2) is 6.90. The van der Waals surface area contributed by atoms with Gasteiger partial charge in [-0.05, 0) is 56.9 Å². The minimum Gasteiger partial charge on any atom is -0.486 e. The molecular weight excluding hydrogens is 304 g/mol. The summed E-state index contributed by atoms with van der Waals surface area (Å²) in [6.07, 6.45) is 10.2. The zero-order valence-electron chi connectivity index (χ0n) is 11.2. The molecule has 2 rings (SSSR count). The second-order valence-electron chi connectivity index (χ2n) is 4.92. The molecule has 102 valence electrons. The Morgan fingerprint density at radius 2 is 2.16 bits per heavy atom. The highest BCUT2D eigenvalue weighted by Crippen LogP contribution is 2.27. The van der Waals surface area contributed by atoms with Crippen LogP contribution < -0.4 is 4.74 Å². The fraction of sp³-hybridized carbons (Fsp3) is 0.438. The van der Waals surface area contributed by atoms with Crippen LogP contribution in [0, 0.1) is 0 Å². The number of allylic oxidation sites excluding steroid dienone is 1. The van der Waals surface area contributed by atoms with Crippen molar-refractivity contribution in [1.82, 2.24) is 0 Å². The Bertz CT molecular complexity index is 480. The molecule has 1 aliphatic carbocycles. The SMILES string of the molecule is CC(=O)c1ccc(Br)cc1OC1/C=C/CCCCC1. The molecule has 0 amide bonds. The summed E-state index contributed by atoms with van der Waals surface area (Å²) >= 11 is 3.43. The standard InChI is InChI=1S/C16H19BrO2/c1-12(18)15-10-9-13(17)11-16(15)19-14-7-5-3-2-4-6-8-14/h5,7,9-11,14H,2-4,6,8H2,1H3/b7-5+. The summed E-state index contributed by atoms with van der Waals surface area (Å²) in [5, 5.41) is 0. The number of hydrogen-bond acceptors (Lipinski definition) is 2. The topological polar surface area (TPSA) is 26.3 Å².